The van der Waals surface area contributed by atoms with Crippen molar-refractivity contribution in [2.45, 2.75) is 34.1 Å². The summed E-state index contributed by atoms with van der Waals surface area (Å²) in [4.78, 5) is 25.7. The van der Waals surface area contributed by atoms with Crippen LogP contribution >= 0.6 is 0 Å². The first-order valence-corrected chi connectivity index (χ1v) is 9.49. The molecule has 1 fully saturated rings. The van der Waals surface area contributed by atoms with Crippen LogP contribution in [0.5, 0.6) is 0 Å². The summed E-state index contributed by atoms with van der Waals surface area (Å²) in [6, 6.07) is 6.36. The maximum atomic E-state index is 13.6. The third kappa shape index (κ3) is 4.43. The highest BCUT2D eigenvalue weighted by atomic mass is 19.1. The second-order valence-electron chi connectivity index (χ2n) is 7.56. The maximum Gasteiger partial charge on any atom is 0.222 e. The lowest BCUT2D eigenvalue weighted by Gasteiger charge is -2.36. The third-order valence-electron chi connectivity index (χ3n) is 4.96. The highest BCUT2D eigenvalue weighted by Gasteiger charge is 2.24. The van der Waals surface area contributed by atoms with E-state index in [0.717, 1.165) is 30.2 Å². The van der Waals surface area contributed by atoms with Crippen molar-refractivity contribution >= 4 is 11.7 Å². The van der Waals surface area contributed by atoms with E-state index in [9.17, 15) is 9.18 Å². The molecule has 0 aliphatic carbocycles. The van der Waals surface area contributed by atoms with E-state index < -0.39 is 0 Å². The van der Waals surface area contributed by atoms with E-state index in [0.29, 0.717) is 36.8 Å². The van der Waals surface area contributed by atoms with Crippen LogP contribution in [-0.2, 0) is 4.79 Å². The molecule has 1 amide bonds. The Morgan fingerprint density at radius 1 is 1.15 bits per heavy atom. The number of hydrogen-bond acceptors (Lipinski definition) is 4. The molecule has 0 unspecified atom stereocenters. The predicted octanol–water partition coefficient (Wildman–Crippen LogP) is 3.59. The van der Waals surface area contributed by atoms with Crippen molar-refractivity contribution in [2.75, 3.05) is 31.1 Å². The molecule has 0 bridgehead atoms. The van der Waals surface area contributed by atoms with Gasteiger partial charge in [-0.15, -0.1) is 0 Å². The number of aryl methyl sites for hydroxylation is 1. The Balaban J connectivity index is 1.80. The number of benzene rings is 1. The lowest BCUT2D eigenvalue weighted by molar-refractivity contribution is -0.132. The molecule has 27 heavy (non-hydrogen) atoms. The van der Waals surface area contributed by atoms with Crippen LogP contribution < -0.4 is 4.90 Å². The minimum Gasteiger partial charge on any atom is -0.353 e. The summed E-state index contributed by atoms with van der Waals surface area (Å²) in [6.45, 7) is 11.0. The highest BCUT2D eigenvalue weighted by molar-refractivity contribution is 5.76. The van der Waals surface area contributed by atoms with E-state index in [4.69, 9.17) is 4.98 Å². The quantitative estimate of drug-likeness (QED) is 0.825. The van der Waals surface area contributed by atoms with Crippen molar-refractivity contribution in [1.82, 2.24) is 14.9 Å². The number of amides is 1. The summed E-state index contributed by atoms with van der Waals surface area (Å²) in [5.74, 6) is 1.70. The van der Waals surface area contributed by atoms with Gasteiger partial charge in [-0.3, -0.25) is 4.79 Å². The topological polar surface area (TPSA) is 49.3 Å². The fourth-order valence-electron chi connectivity index (χ4n) is 3.32. The van der Waals surface area contributed by atoms with Crippen molar-refractivity contribution in [3.63, 3.8) is 0 Å². The van der Waals surface area contributed by atoms with Crippen molar-refractivity contribution in [1.29, 1.82) is 0 Å². The monoisotopic (exact) mass is 370 g/mol. The normalized spacial score (nSPS) is 14.7. The number of aromatic nitrogens is 2. The third-order valence-corrected chi connectivity index (χ3v) is 4.96. The first kappa shape index (κ1) is 19.3. The van der Waals surface area contributed by atoms with Crippen LogP contribution in [0.25, 0.3) is 11.4 Å². The average Bonchev–Trinajstić information content (AvgIpc) is 2.63. The summed E-state index contributed by atoms with van der Waals surface area (Å²) in [5.41, 5.74) is 2.58. The predicted molar refractivity (Wildman–Crippen MR) is 105 cm³/mol. The first-order valence-electron chi connectivity index (χ1n) is 9.49. The van der Waals surface area contributed by atoms with Gasteiger partial charge >= 0.3 is 0 Å². The lowest BCUT2D eigenvalue weighted by atomic mass is 10.1. The van der Waals surface area contributed by atoms with Gasteiger partial charge in [0.15, 0.2) is 5.82 Å². The molecule has 5 nitrogen and oxygen atoms in total. The molecule has 0 saturated carbocycles. The maximum absolute atomic E-state index is 13.6. The second kappa shape index (κ2) is 8.03. The smallest absolute Gasteiger partial charge is 0.222 e. The molecule has 1 aromatic heterocycles. The zero-order valence-electron chi connectivity index (χ0n) is 16.5. The molecule has 1 aliphatic heterocycles. The SMILES string of the molecule is Cc1nc(-c2cccc(F)c2)nc(N2CCN(C(=O)CC(C)C)CC2)c1C. The molecule has 6 heteroatoms. The molecule has 144 valence electrons. The van der Waals surface area contributed by atoms with E-state index in [1.165, 1.54) is 12.1 Å². The second-order valence-corrected chi connectivity index (χ2v) is 7.56. The molecule has 1 aromatic carbocycles. The number of anilines is 1. The summed E-state index contributed by atoms with van der Waals surface area (Å²) in [7, 11) is 0. The number of halogens is 1. The van der Waals surface area contributed by atoms with E-state index in [-0.39, 0.29) is 11.7 Å². The van der Waals surface area contributed by atoms with Crippen LogP contribution in [0.1, 0.15) is 31.5 Å². The molecule has 0 atom stereocenters. The van der Waals surface area contributed by atoms with Crippen molar-refractivity contribution in [3.8, 4) is 11.4 Å². The molecule has 2 heterocycles. The van der Waals surface area contributed by atoms with Gasteiger partial charge in [0.05, 0.1) is 0 Å². The number of rotatable bonds is 4. The van der Waals surface area contributed by atoms with Crippen LogP contribution in [0.3, 0.4) is 0 Å². The van der Waals surface area contributed by atoms with Crippen molar-refractivity contribution in [3.05, 3.63) is 41.3 Å². The Kier molecular flexibility index (Phi) is 5.73. The van der Waals surface area contributed by atoms with Crippen LogP contribution in [0.4, 0.5) is 10.2 Å². The Bertz CT molecular complexity index is 829. The van der Waals surface area contributed by atoms with Gasteiger partial charge in [-0.05, 0) is 31.9 Å². The number of piperazine rings is 1. The van der Waals surface area contributed by atoms with Gasteiger partial charge in [0.1, 0.15) is 11.6 Å². The van der Waals surface area contributed by atoms with Crippen LogP contribution in [0, 0.1) is 25.6 Å². The van der Waals surface area contributed by atoms with Gasteiger partial charge < -0.3 is 9.80 Å². The standard InChI is InChI=1S/C21H27FN4O/c1-14(2)12-19(27)25-8-10-26(11-9-25)21-15(3)16(4)23-20(24-21)17-6-5-7-18(22)13-17/h5-7,13-14H,8-12H2,1-4H3. The molecule has 0 radical (unpaired) electrons. The van der Waals surface area contributed by atoms with Gasteiger partial charge in [0, 0.05) is 49.4 Å². The molecule has 0 spiro atoms. The van der Waals surface area contributed by atoms with E-state index in [1.807, 2.05) is 24.8 Å². The molecule has 1 saturated heterocycles. The summed E-state index contributed by atoms with van der Waals surface area (Å²) in [6.07, 6.45) is 0.593. The zero-order valence-corrected chi connectivity index (χ0v) is 16.5. The minimum absolute atomic E-state index is 0.223. The van der Waals surface area contributed by atoms with Crippen LogP contribution in [-0.4, -0.2) is 47.0 Å². The Morgan fingerprint density at radius 3 is 2.48 bits per heavy atom. The summed E-state index contributed by atoms with van der Waals surface area (Å²) >= 11 is 0. The molecular weight excluding hydrogens is 343 g/mol. The lowest BCUT2D eigenvalue weighted by Crippen LogP contribution is -2.49. The molecular formula is C21H27FN4O. The van der Waals surface area contributed by atoms with Crippen molar-refractivity contribution < 1.29 is 9.18 Å². The Labute approximate surface area is 160 Å². The first-order chi connectivity index (χ1) is 12.8. The highest BCUT2D eigenvalue weighted by Crippen LogP contribution is 2.26. The molecule has 1 aliphatic rings. The van der Waals surface area contributed by atoms with E-state index in [2.05, 4.69) is 23.7 Å². The minimum atomic E-state index is -0.298. The summed E-state index contributed by atoms with van der Waals surface area (Å²) < 4.78 is 13.6. The van der Waals surface area contributed by atoms with Gasteiger partial charge in [-0.2, -0.15) is 0 Å². The Hall–Kier alpha value is -2.50. The Morgan fingerprint density at radius 2 is 1.85 bits per heavy atom. The molecule has 3 rings (SSSR count). The number of carbonyl (C=O) groups excluding carboxylic acids is 1. The van der Waals surface area contributed by atoms with Gasteiger partial charge in [-0.25, -0.2) is 14.4 Å². The average molecular weight is 370 g/mol. The van der Waals surface area contributed by atoms with Crippen LogP contribution in [0.15, 0.2) is 24.3 Å². The zero-order chi connectivity index (χ0) is 19.6. The van der Waals surface area contributed by atoms with E-state index >= 15 is 0 Å². The fourth-order valence-corrected chi connectivity index (χ4v) is 3.32. The van der Waals surface area contributed by atoms with Gasteiger partial charge in [-0.1, -0.05) is 26.0 Å². The van der Waals surface area contributed by atoms with Crippen LogP contribution in [0.2, 0.25) is 0 Å². The largest absolute Gasteiger partial charge is 0.353 e. The fraction of sp³-hybridized carbons (Fsp3) is 0.476. The van der Waals surface area contributed by atoms with Gasteiger partial charge in [0.2, 0.25) is 5.91 Å². The van der Waals surface area contributed by atoms with Gasteiger partial charge in [0.25, 0.3) is 0 Å². The molecule has 0 N–H and O–H groups in total. The number of carbonyl (C=O) groups is 1. The number of nitrogens with zero attached hydrogens (tertiary/aromatic N) is 4. The van der Waals surface area contributed by atoms with Crippen molar-refractivity contribution in [2.24, 2.45) is 5.92 Å². The number of hydrogen-bond donors (Lipinski definition) is 0. The summed E-state index contributed by atoms with van der Waals surface area (Å²) in [5, 5.41) is 0. The molecule has 2 aromatic rings. The van der Waals surface area contributed by atoms with E-state index in [1.54, 1.807) is 6.07 Å².